The van der Waals surface area contributed by atoms with Crippen LogP contribution in [0.2, 0.25) is 0 Å². The van der Waals surface area contributed by atoms with Crippen molar-refractivity contribution in [2.24, 2.45) is 0 Å². The summed E-state index contributed by atoms with van der Waals surface area (Å²) >= 11 is 0. The highest BCUT2D eigenvalue weighted by Crippen LogP contribution is 2.20. The number of aromatic amines is 1. The topological polar surface area (TPSA) is 101 Å². The molecule has 0 radical (unpaired) electrons. The third kappa shape index (κ3) is 2.05. The van der Waals surface area contributed by atoms with Crippen LogP contribution in [0.25, 0.3) is 11.4 Å². The van der Waals surface area contributed by atoms with Gasteiger partial charge in [0, 0.05) is 12.6 Å². The maximum absolute atomic E-state index is 11.7. The summed E-state index contributed by atoms with van der Waals surface area (Å²) in [5, 5.41) is 13.3. The van der Waals surface area contributed by atoms with Gasteiger partial charge in [0.2, 0.25) is 5.82 Å². The number of hydrogen-bond acceptors (Lipinski definition) is 5. The Morgan fingerprint density at radius 2 is 2.00 bits per heavy atom. The van der Waals surface area contributed by atoms with E-state index in [9.17, 15) is 14.9 Å². The molecule has 2 rings (SSSR count). The van der Waals surface area contributed by atoms with Gasteiger partial charge in [-0.05, 0) is 0 Å². The van der Waals surface area contributed by atoms with Crippen LogP contribution in [0.15, 0.2) is 35.1 Å². The highest BCUT2D eigenvalue weighted by Gasteiger charge is 2.21. The van der Waals surface area contributed by atoms with Crippen molar-refractivity contribution in [1.29, 1.82) is 0 Å². The molecule has 0 bridgehead atoms. The highest BCUT2D eigenvalue weighted by molar-refractivity contribution is 5.62. The van der Waals surface area contributed by atoms with E-state index in [0.29, 0.717) is 5.56 Å². The zero-order chi connectivity index (χ0) is 13.1. The molecule has 1 aromatic carbocycles. The van der Waals surface area contributed by atoms with Crippen molar-refractivity contribution in [3.05, 3.63) is 50.8 Å². The molecule has 0 unspecified atom stereocenters. The van der Waals surface area contributed by atoms with Gasteiger partial charge in [-0.3, -0.25) is 14.9 Å². The molecular weight excluding hydrogens is 236 g/mol. The first kappa shape index (κ1) is 11.8. The third-order valence-corrected chi connectivity index (χ3v) is 2.36. The molecule has 92 valence electrons. The van der Waals surface area contributed by atoms with E-state index in [1.807, 2.05) is 6.07 Å². The number of aromatic nitrogens is 2. The molecule has 0 spiro atoms. The minimum Gasteiger partial charge on any atom is -0.367 e. The fourth-order valence-electron chi connectivity index (χ4n) is 1.54. The maximum Gasteiger partial charge on any atom is 0.375 e. The van der Waals surface area contributed by atoms with E-state index >= 15 is 0 Å². The summed E-state index contributed by atoms with van der Waals surface area (Å²) in [4.78, 5) is 28.1. The van der Waals surface area contributed by atoms with Crippen molar-refractivity contribution < 1.29 is 4.92 Å². The number of hydrogen-bond donors (Lipinski definition) is 2. The molecule has 0 fully saturated rings. The number of nitrogens with zero attached hydrogens (tertiary/aromatic N) is 2. The first-order valence-electron chi connectivity index (χ1n) is 5.15. The molecule has 1 heterocycles. The second kappa shape index (κ2) is 4.66. The minimum atomic E-state index is -0.779. The van der Waals surface area contributed by atoms with E-state index in [1.165, 1.54) is 7.05 Å². The Morgan fingerprint density at radius 3 is 2.56 bits per heavy atom. The lowest BCUT2D eigenvalue weighted by molar-refractivity contribution is -0.385. The van der Waals surface area contributed by atoms with E-state index in [4.69, 9.17) is 0 Å². The summed E-state index contributed by atoms with van der Waals surface area (Å²) in [5.41, 5.74) is -0.684. The molecule has 18 heavy (non-hydrogen) atoms. The molecule has 2 aromatic rings. The molecule has 1 aromatic heterocycles. The van der Waals surface area contributed by atoms with Gasteiger partial charge in [0.1, 0.15) is 5.82 Å². The standard InChI is InChI=1S/C11H10N4O3/c1-12-10-8(15(17)18)11(16)14-9(13-10)7-5-3-2-4-6-7/h2-6H,1H3,(H2,12,13,14,16). The van der Waals surface area contributed by atoms with Gasteiger partial charge in [-0.25, -0.2) is 4.98 Å². The lowest BCUT2D eigenvalue weighted by Gasteiger charge is -2.04. The van der Waals surface area contributed by atoms with Crippen molar-refractivity contribution in [3.63, 3.8) is 0 Å². The van der Waals surface area contributed by atoms with Crippen LogP contribution < -0.4 is 10.9 Å². The summed E-state index contributed by atoms with van der Waals surface area (Å²) < 4.78 is 0. The van der Waals surface area contributed by atoms with Crippen LogP contribution in [-0.4, -0.2) is 21.9 Å². The van der Waals surface area contributed by atoms with E-state index in [1.54, 1.807) is 24.3 Å². The van der Waals surface area contributed by atoms with E-state index in [-0.39, 0.29) is 11.6 Å². The van der Waals surface area contributed by atoms with Crippen LogP contribution in [0.5, 0.6) is 0 Å². The molecule has 0 atom stereocenters. The average Bonchev–Trinajstić information content (AvgIpc) is 2.38. The fourth-order valence-corrected chi connectivity index (χ4v) is 1.54. The molecule has 0 amide bonds. The van der Waals surface area contributed by atoms with Gasteiger partial charge in [-0.1, -0.05) is 30.3 Å². The number of nitrogens with one attached hydrogen (secondary N) is 2. The van der Waals surface area contributed by atoms with Gasteiger partial charge in [0.25, 0.3) is 0 Å². The Bertz CT molecular complexity index is 636. The summed E-state index contributed by atoms with van der Waals surface area (Å²) in [5.74, 6) is 0.234. The van der Waals surface area contributed by atoms with Gasteiger partial charge in [0.05, 0.1) is 4.92 Å². The molecule has 0 aliphatic rings. The van der Waals surface area contributed by atoms with Crippen LogP contribution >= 0.6 is 0 Å². The molecular formula is C11H10N4O3. The number of anilines is 1. The highest BCUT2D eigenvalue weighted by atomic mass is 16.6. The average molecular weight is 246 g/mol. The maximum atomic E-state index is 11.7. The number of rotatable bonds is 3. The number of nitro groups is 1. The summed E-state index contributed by atoms with van der Waals surface area (Å²) in [6.45, 7) is 0. The predicted molar refractivity (Wildman–Crippen MR) is 66.5 cm³/mol. The minimum absolute atomic E-state index is 0.0531. The van der Waals surface area contributed by atoms with Crippen LogP contribution in [0.4, 0.5) is 11.5 Å². The van der Waals surface area contributed by atoms with Gasteiger partial charge in [-0.2, -0.15) is 0 Å². The van der Waals surface area contributed by atoms with Crippen molar-refractivity contribution in [2.45, 2.75) is 0 Å². The predicted octanol–water partition coefficient (Wildman–Crippen LogP) is 1.39. The second-order valence-electron chi connectivity index (χ2n) is 3.48. The Kier molecular flexibility index (Phi) is 3.05. The molecule has 7 heteroatoms. The monoisotopic (exact) mass is 246 g/mol. The SMILES string of the molecule is CNc1nc(-c2ccccc2)[nH]c(=O)c1[N+](=O)[O-]. The molecule has 0 aliphatic carbocycles. The quantitative estimate of drug-likeness (QED) is 0.629. The summed E-state index contributed by atoms with van der Waals surface area (Å²) in [6, 6.07) is 8.91. The first-order valence-corrected chi connectivity index (χ1v) is 5.15. The van der Waals surface area contributed by atoms with Gasteiger partial charge < -0.3 is 10.3 Å². The lowest BCUT2D eigenvalue weighted by Crippen LogP contribution is -2.16. The van der Waals surface area contributed by atoms with Crippen molar-refractivity contribution in [1.82, 2.24) is 9.97 Å². The third-order valence-electron chi connectivity index (χ3n) is 2.36. The molecule has 7 nitrogen and oxygen atoms in total. The van der Waals surface area contributed by atoms with E-state index in [0.717, 1.165) is 0 Å². The van der Waals surface area contributed by atoms with Crippen LogP contribution in [0.3, 0.4) is 0 Å². The molecule has 0 aliphatic heterocycles. The number of H-pyrrole nitrogens is 1. The van der Waals surface area contributed by atoms with Crippen LogP contribution in [0, 0.1) is 10.1 Å². The summed E-state index contributed by atoms with van der Waals surface area (Å²) in [7, 11) is 1.48. The Labute approximate surface area is 102 Å². The van der Waals surface area contributed by atoms with E-state index < -0.39 is 16.2 Å². The molecule has 0 saturated carbocycles. The normalized spacial score (nSPS) is 10.1. The van der Waals surface area contributed by atoms with Gasteiger partial charge in [0.15, 0.2) is 0 Å². The Morgan fingerprint density at radius 1 is 1.33 bits per heavy atom. The van der Waals surface area contributed by atoms with Crippen molar-refractivity contribution in [2.75, 3.05) is 12.4 Å². The smallest absolute Gasteiger partial charge is 0.367 e. The first-order chi connectivity index (χ1) is 8.63. The lowest BCUT2D eigenvalue weighted by atomic mass is 10.2. The Hall–Kier alpha value is -2.70. The molecule has 0 saturated heterocycles. The van der Waals surface area contributed by atoms with Crippen LogP contribution in [0.1, 0.15) is 0 Å². The van der Waals surface area contributed by atoms with Gasteiger partial charge >= 0.3 is 11.2 Å². The molecule has 2 N–H and O–H groups in total. The zero-order valence-electron chi connectivity index (χ0n) is 9.51. The van der Waals surface area contributed by atoms with Crippen molar-refractivity contribution in [3.8, 4) is 11.4 Å². The van der Waals surface area contributed by atoms with E-state index in [2.05, 4.69) is 15.3 Å². The van der Waals surface area contributed by atoms with Gasteiger partial charge in [-0.15, -0.1) is 0 Å². The second-order valence-corrected chi connectivity index (χ2v) is 3.48. The van der Waals surface area contributed by atoms with Crippen LogP contribution in [-0.2, 0) is 0 Å². The number of benzene rings is 1. The Balaban J connectivity index is 2.64. The van der Waals surface area contributed by atoms with Crippen molar-refractivity contribution >= 4 is 11.5 Å². The largest absolute Gasteiger partial charge is 0.375 e. The summed E-state index contributed by atoms with van der Waals surface area (Å²) in [6.07, 6.45) is 0. The fraction of sp³-hybridized carbons (Fsp3) is 0.0909. The zero-order valence-corrected chi connectivity index (χ0v) is 9.51.